The van der Waals surface area contributed by atoms with Crippen molar-refractivity contribution >= 4 is 27.2 Å². The van der Waals surface area contributed by atoms with Crippen LogP contribution in [0.5, 0.6) is 0 Å². The lowest BCUT2D eigenvalue weighted by atomic mass is 10.1. The molecular formula is C11H11FN2O6S. The Morgan fingerprint density at radius 2 is 2.14 bits per heavy atom. The van der Waals surface area contributed by atoms with Crippen LogP contribution in [0.3, 0.4) is 0 Å². The van der Waals surface area contributed by atoms with Crippen molar-refractivity contribution in [3.05, 3.63) is 33.6 Å². The number of rotatable bonds is 4. The van der Waals surface area contributed by atoms with E-state index in [9.17, 15) is 27.7 Å². The maximum absolute atomic E-state index is 13.8. The molecule has 2 rings (SSSR count). The fourth-order valence-corrected chi connectivity index (χ4v) is 3.80. The van der Waals surface area contributed by atoms with Crippen LogP contribution in [0.1, 0.15) is 16.8 Å². The zero-order valence-electron chi connectivity index (χ0n) is 10.6. The molecule has 1 aromatic carbocycles. The predicted molar refractivity (Wildman–Crippen MR) is 70.7 cm³/mol. The summed E-state index contributed by atoms with van der Waals surface area (Å²) in [5, 5.41) is 22.2. The Bertz CT molecular complexity index is 718. The Kier molecular flexibility index (Phi) is 3.81. The first-order valence-corrected chi connectivity index (χ1v) is 7.70. The molecule has 1 fully saturated rings. The van der Waals surface area contributed by atoms with Crippen LogP contribution in [-0.4, -0.2) is 42.0 Å². The number of halogens is 1. The third-order valence-corrected chi connectivity index (χ3v) is 4.87. The standard InChI is InChI=1S/C11H11FN2O6S/c12-8-4-10(14(17)18)7(11(15)16)3-9(8)13-6-1-2-21(19,20)5-6/h3-4,6,13H,1-2,5H2,(H,15,16). The molecule has 1 aliphatic rings. The normalized spacial score (nSPS) is 20.1. The lowest BCUT2D eigenvalue weighted by molar-refractivity contribution is -0.385. The van der Waals surface area contributed by atoms with Crippen molar-refractivity contribution in [1.29, 1.82) is 0 Å². The van der Waals surface area contributed by atoms with E-state index < -0.39 is 43.8 Å². The first-order valence-electron chi connectivity index (χ1n) is 5.88. The van der Waals surface area contributed by atoms with Crippen LogP contribution in [0.25, 0.3) is 0 Å². The fraction of sp³-hybridized carbons (Fsp3) is 0.364. The highest BCUT2D eigenvalue weighted by molar-refractivity contribution is 7.91. The summed E-state index contributed by atoms with van der Waals surface area (Å²) >= 11 is 0. The van der Waals surface area contributed by atoms with E-state index in [1.54, 1.807) is 0 Å². The van der Waals surface area contributed by atoms with Crippen LogP contribution in [0.2, 0.25) is 0 Å². The number of carbonyl (C=O) groups is 1. The number of carboxylic acid groups (broad SMARTS) is 1. The first-order chi connectivity index (χ1) is 9.69. The molecule has 1 saturated heterocycles. The minimum absolute atomic E-state index is 0.0367. The van der Waals surface area contributed by atoms with Gasteiger partial charge in [-0.15, -0.1) is 0 Å². The maximum atomic E-state index is 13.8. The molecule has 1 atom stereocenters. The molecule has 21 heavy (non-hydrogen) atoms. The summed E-state index contributed by atoms with van der Waals surface area (Å²) < 4.78 is 36.4. The molecule has 0 spiro atoms. The van der Waals surface area contributed by atoms with Gasteiger partial charge in [0.1, 0.15) is 5.56 Å². The first kappa shape index (κ1) is 15.2. The molecular weight excluding hydrogens is 307 g/mol. The van der Waals surface area contributed by atoms with Gasteiger partial charge in [-0.25, -0.2) is 17.6 Å². The molecule has 0 saturated carbocycles. The molecule has 1 unspecified atom stereocenters. The number of hydrogen-bond donors (Lipinski definition) is 2. The van der Waals surface area contributed by atoms with Gasteiger partial charge in [-0.05, 0) is 12.5 Å². The van der Waals surface area contributed by atoms with E-state index >= 15 is 0 Å². The quantitative estimate of drug-likeness (QED) is 0.627. The molecule has 0 aliphatic carbocycles. The van der Waals surface area contributed by atoms with Gasteiger partial charge in [-0.3, -0.25) is 10.1 Å². The summed E-state index contributed by atoms with van der Waals surface area (Å²) in [6.45, 7) is 0. The molecule has 1 heterocycles. The second-order valence-electron chi connectivity index (χ2n) is 4.66. The Morgan fingerprint density at radius 1 is 1.48 bits per heavy atom. The number of aromatic carboxylic acids is 1. The lowest BCUT2D eigenvalue weighted by Crippen LogP contribution is -2.21. The number of nitrogens with one attached hydrogen (secondary N) is 1. The van der Waals surface area contributed by atoms with E-state index in [-0.39, 0.29) is 23.6 Å². The van der Waals surface area contributed by atoms with E-state index in [1.165, 1.54) is 0 Å². The Balaban J connectivity index is 2.35. The summed E-state index contributed by atoms with van der Waals surface area (Å²) in [4.78, 5) is 20.7. The van der Waals surface area contributed by atoms with Crippen molar-refractivity contribution in [2.24, 2.45) is 0 Å². The van der Waals surface area contributed by atoms with Crippen LogP contribution in [0.4, 0.5) is 15.8 Å². The van der Waals surface area contributed by atoms with Crippen LogP contribution in [0, 0.1) is 15.9 Å². The second kappa shape index (κ2) is 5.28. The van der Waals surface area contributed by atoms with Crippen molar-refractivity contribution in [1.82, 2.24) is 0 Å². The van der Waals surface area contributed by atoms with E-state index in [2.05, 4.69) is 5.32 Å². The molecule has 8 nitrogen and oxygen atoms in total. The maximum Gasteiger partial charge on any atom is 0.342 e. The van der Waals surface area contributed by atoms with Gasteiger partial charge in [-0.1, -0.05) is 0 Å². The number of nitro benzene ring substituents is 1. The molecule has 1 aromatic rings. The van der Waals surface area contributed by atoms with Crippen LogP contribution < -0.4 is 5.32 Å². The predicted octanol–water partition coefficient (Wildman–Crippen LogP) is 1.03. The minimum Gasteiger partial charge on any atom is -0.477 e. The summed E-state index contributed by atoms with van der Waals surface area (Å²) in [5.41, 5.74) is -1.78. The number of carboxylic acids is 1. The third-order valence-electron chi connectivity index (χ3n) is 3.10. The zero-order chi connectivity index (χ0) is 15.8. The van der Waals surface area contributed by atoms with Crippen molar-refractivity contribution in [2.45, 2.75) is 12.5 Å². The summed E-state index contributed by atoms with van der Waals surface area (Å²) in [6.07, 6.45) is 0.265. The van der Waals surface area contributed by atoms with Crippen molar-refractivity contribution in [2.75, 3.05) is 16.8 Å². The minimum atomic E-state index is -3.19. The smallest absolute Gasteiger partial charge is 0.342 e. The highest BCUT2D eigenvalue weighted by Gasteiger charge is 2.30. The largest absolute Gasteiger partial charge is 0.477 e. The molecule has 2 N–H and O–H groups in total. The van der Waals surface area contributed by atoms with Crippen LogP contribution in [0.15, 0.2) is 12.1 Å². The Morgan fingerprint density at radius 3 is 2.62 bits per heavy atom. The monoisotopic (exact) mass is 318 g/mol. The zero-order valence-corrected chi connectivity index (χ0v) is 11.4. The highest BCUT2D eigenvalue weighted by Crippen LogP contribution is 2.28. The van der Waals surface area contributed by atoms with Crippen LogP contribution in [-0.2, 0) is 9.84 Å². The van der Waals surface area contributed by atoms with Crippen molar-refractivity contribution < 1.29 is 27.6 Å². The molecule has 1 aliphatic heterocycles. The number of nitrogens with zero attached hydrogens (tertiary/aromatic N) is 1. The highest BCUT2D eigenvalue weighted by atomic mass is 32.2. The van der Waals surface area contributed by atoms with Crippen molar-refractivity contribution in [3.8, 4) is 0 Å². The topological polar surface area (TPSA) is 127 Å². The van der Waals surface area contributed by atoms with Gasteiger partial charge >= 0.3 is 5.97 Å². The van der Waals surface area contributed by atoms with Gasteiger partial charge in [-0.2, -0.15) is 0 Å². The SMILES string of the molecule is O=C(O)c1cc(NC2CCS(=O)(=O)C2)c(F)cc1[N+](=O)[O-]. The summed E-state index contributed by atoms with van der Waals surface area (Å²) in [7, 11) is -3.19. The molecule has 0 radical (unpaired) electrons. The molecule has 10 heteroatoms. The number of nitro groups is 1. The Hall–Kier alpha value is -2.23. The fourth-order valence-electron chi connectivity index (χ4n) is 2.12. The van der Waals surface area contributed by atoms with Gasteiger partial charge < -0.3 is 10.4 Å². The third kappa shape index (κ3) is 3.27. The van der Waals surface area contributed by atoms with Gasteiger partial charge in [0.05, 0.1) is 28.2 Å². The van der Waals surface area contributed by atoms with Gasteiger partial charge in [0, 0.05) is 6.04 Å². The second-order valence-corrected chi connectivity index (χ2v) is 6.88. The van der Waals surface area contributed by atoms with E-state index in [0.717, 1.165) is 6.07 Å². The number of sulfone groups is 1. The summed E-state index contributed by atoms with van der Waals surface area (Å²) in [6, 6.07) is 0.767. The number of anilines is 1. The van der Waals surface area contributed by atoms with E-state index in [1.807, 2.05) is 0 Å². The van der Waals surface area contributed by atoms with E-state index in [4.69, 9.17) is 5.11 Å². The van der Waals surface area contributed by atoms with Gasteiger partial charge in [0.2, 0.25) is 0 Å². The lowest BCUT2D eigenvalue weighted by Gasteiger charge is -2.13. The number of hydrogen-bond acceptors (Lipinski definition) is 6. The van der Waals surface area contributed by atoms with Crippen molar-refractivity contribution in [3.63, 3.8) is 0 Å². The van der Waals surface area contributed by atoms with Crippen LogP contribution >= 0.6 is 0 Å². The van der Waals surface area contributed by atoms with E-state index in [0.29, 0.717) is 6.07 Å². The summed E-state index contributed by atoms with van der Waals surface area (Å²) in [5.74, 6) is -2.79. The average Bonchev–Trinajstić information content (AvgIpc) is 2.70. The molecule has 0 bridgehead atoms. The van der Waals surface area contributed by atoms with Gasteiger partial charge in [0.15, 0.2) is 15.7 Å². The number of benzene rings is 1. The average molecular weight is 318 g/mol. The molecule has 114 valence electrons. The Labute approximate surface area is 118 Å². The van der Waals surface area contributed by atoms with Gasteiger partial charge in [0.25, 0.3) is 5.69 Å². The molecule has 0 aromatic heterocycles. The molecule has 0 amide bonds.